The molecule has 1 aromatic heterocycles. The van der Waals surface area contributed by atoms with Crippen LogP contribution in [0.4, 0.5) is 5.82 Å². The van der Waals surface area contributed by atoms with Crippen molar-refractivity contribution in [1.82, 2.24) is 15.5 Å². The quantitative estimate of drug-likeness (QED) is 0.770. The van der Waals surface area contributed by atoms with E-state index >= 15 is 0 Å². The summed E-state index contributed by atoms with van der Waals surface area (Å²) in [7, 11) is 2.00. The first kappa shape index (κ1) is 16.1. The molecule has 1 aliphatic rings. The molecule has 25 heavy (non-hydrogen) atoms. The molecule has 6 heteroatoms. The maximum absolute atomic E-state index is 5.94. The Bertz CT molecular complexity index is 884. The maximum Gasteiger partial charge on any atom is 0.246 e. The standard InChI is InChI=1S/C19H19ClN4O/c1-21-14-10-11-24(12-14)18-16-4-2-3-5-17(16)19(23-22-18)25-15-8-6-13(20)7-9-15/h2-9,14,21H,10-12H2,1H3. The lowest BCUT2D eigenvalue weighted by molar-refractivity contribution is 0.462. The zero-order chi connectivity index (χ0) is 17.2. The second-order valence-electron chi connectivity index (χ2n) is 6.15. The molecule has 1 unspecified atom stereocenters. The third-order valence-corrected chi connectivity index (χ3v) is 4.81. The largest absolute Gasteiger partial charge is 0.437 e. The van der Waals surface area contributed by atoms with Crippen molar-refractivity contribution in [1.29, 1.82) is 0 Å². The van der Waals surface area contributed by atoms with Crippen LogP contribution in [-0.4, -0.2) is 36.4 Å². The van der Waals surface area contributed by atoms with Crippen LogP contribution in [0.15, 0.2) is 48.5 Å². The molecule has 0 spiro atoms. The number of nitrogens with zero attached hydrogens (tertiary/aromatic N) is 3. The second-order valence-corrected chi connectivity index (χ2v) is 6.59. The smallest absolute Gasteiger partial charge is 0.246 e. The van der Waals surface area contributed by atoms with E-state index in [-0.39, 0.29) is 0 Å². The van der Waals surface area contributed by atoms with Gasteiger partial charge in [-0.2, -0.15) is 0 Å². The lowest BCUT2D eigenvalue weighted by Crippen LogP contribution is -2.30. The maximum atomic E-state index is 5.94. The van der Waals surface area contributed by atoms with Crippen molar-refractivity contribution in [3.05, 3.63) is 53.6 Å². The molecular formula is C19H19ClN4O. The average molecular weight is 355 g/mol. The van der Waals surface area contributed by atoms with Gasteiger partial charge in [-0.15, -0.1) is 10.2 Å². The van der Waals surface area contributed by atoms with Gasteiger partial charge in [-0.05, 0) is 43.8 Å². The SMILES string of the molecule is CNC1CCN(c2nnc(Oc3ccc(Cl)cc3)c3ccccc23)C1. The van der Waals surface area contributed by atoms with Gasteiger partial charge in [0.25, 0.3) is 0 Å². The van der Waals surface area contributed by atoms with E-state index in [1.54, 1.807) is 12.1 Å². The van der Waals surface area contributed by atoms with Gasteiger partial charge in [0.2, 0.25) is 5.88 Å². The van der Waals surface area contributed by atoms with Gasteiger partial charge in [0, 0.05) is 34.9 Å². The van der Waals surface area contributed by atoms with Crippen LogP contribution >= 0.6 is 11.6 Å². The number of hydrogen-bond acceptors (Lipinski definition) is 5. The number of benzene rings is 2. The van der Waals surface area contributed by atoms with Crippen molar-refractivity contribution < 1.29 is 4.74 Å². The molecule has 0 amide bonds. The summed E-state index contributed by atoms with van der Waals surface area (Å²) < 4.78 is 5.94. The van der Waals surface area contributed by atoms with E-state index in [0.29, 0.717) is 22.7 Å². The second kappa shape index (κ2) is 6.86. The van der Waals surface area contributed by atoms with E-state index in [0.717, 1.165) is 36.1 Å². The number of likely N-dealkylation sites (N-methyl/N-ethyl adjacent to an activating group) is 1. The Kier molecular flexibility index (Phi) is 4.42. The van der Waals surface area contributed by atoms with Crippen molar-refractivity contribution in [2.75, 3.05) is 25.0 Å². The van der Waals surface area contributed by atoms with E-state index in [2.05, 4.69) is 26.5 Å². The fraction of sp³-hybridized carbons (Fsp3) is 0.263. The van der Waals surface area contributed by atoms with Gasteiger partial charge < -0.3 is 15.0 Å². The van der Waals surface area contributed by atoms with Crippen molar-refractivity contribution in [2.45, 2.75) is 12.5 Å². The number of aromatic nitrogens is 2. The fourth-order valence-electron chi connectivity index (χ4n) is 3.18. The summed E-state index contributed by atoms with van der Waals surface area (Å²) in [5.74, 6) is 2.11. The number of hydrogen-bond donors (Lipinski definition) is 1. The summed E-state index contributed by atoms with van der Waals surface area (Å²) >= 11 is 5.93. The molecule has 0 aliphatic carbocycles. The molecule has 1 N–H and O–H groups in total. The summed E-state index contributed by atoms with van der Waals surface area (Å²) in [5, 5.41) is 14.8. The van der Waals surface area contributed by atoms with Crippen LogP contribution in [0.5, 0.6) is 11.6 Å². The lowest BCUT2D eigenvalue weighted by Gasteiger charge is -2.19. The summed E-state index contributed by atoms with van der Waals surface area (Å²) in [6.45, 7) is 1.91. The predicted molar refractivity (Wildman–Crippen MR) is 101 cm³/mol. The van der Waals surface area contributed by atoms with Crippen LogP contribution in [0.3, 0.4) is 0 Å². The average Bonchev–Trinajstić information content (AvgIpc) is 3.13. The minimum absolute atomic E-state index is 0.491. The minimum Gasteiger partial charge on any atom is -0.437 e. The number of ether oxygens (including phenoxy) is 1. The normalized spacial score (nSPS) is 17.2. The molecule has 1 aliphatic heterocycles. The van der Waals surface area contributed by atoms with Crippen molar-refractivity contribution in [3.8, 4) is 11.6 Å². The number of nitrogens with one attached hydrogen (secondary N) is 1. The van der Waals surface area contributed by atoms with Crippen LogP contribution < -0.4 is 15.0 Å². The van der Waals surface area contributed by atoms with Gasteiger partial charge in [-0.3, -0.25) is 0 Å². The van der Waals surface area contributed by atoms with Crippen LogP contribution in [0.2, 0.25) is 5.02 Å². The Morgan fingerprint density at radius 2 is 1.84 bits per heavy atom. The highest BCUT2D eigenvalue weighted by Gasteiger charge is 2.24. The van der Waals surface area contributed by atoms with Crippen LogP contribution in [0, 0.1) is 0 Å². The van der Waals surface area contributed by atoms with Gasteiger partial charge in [0.15, 0.2) is 5.82 Å². The third kappa shape index (κ3) is 3.25. The van der Waals surface area contributed by atoms with E-state index in [1.165, 1.54) is 0 Å². The molecule has 3 aromatic rings. The molecule has 4 rings (SSSR count). The summed E-state index contributed by atoms with van der Waals surface area (Å²) in [6, 6.07) is 15.8. The highest BCUT2D eigenvalue weighted by atomic mass is 35.5. The van der Waals surface area contributed by atoms with E-state index in [9.17, 15) is 0 Å². The number of halogens is 1. The zero-order valence-corrected chi connectivity index (χ0v) is 14.7. The van der Waals surface area contributed by atoms with Crippen LogP contribution in [-0.2, 0) is 0 Å². The number of rotatable bonds is 4. The number of anilines is 1. The topological polar surface area (TPSA) is 50.3 Å². The first-order chi connectivity index (χ1) is 12.2. The Morgan fingerprint density at radius 1 is 1.08 bits per heavy atom. The highest BCUT2D eigenvalue weighted by Crippen LogP contribution is 2.33. The van der Waals surface area contributed by atoms with E-state index in [4.69, 9.17) is 16.3 Å². The van der Waals surface area contributed by atoms with Gasteiger partial charge in [0.05, 0.1) is 0 Å². The first-order valence-corrected chi connectivity index (χ1v) is 8.73. The van der Waals surface area contributed by atoms with Gasteiger partial charge in [-0.1, -0.05) is 29.8 Å². The van der Waals surface area contributed by atoms with Crippen molar-refractivity contribution in [2.24, 2.45) is 0 Å². The van der Waals surface area contributed by atoms with Crippen molar-refractivity contribution in [3.63, 3.8) is 0 Å². The predicted octanol–water partition coefficient (Wildman–Crippen LogP) is 3.87. The Morgan fingerprint density at radius 3 is 2.56 bits per heavy atom. The number of fused-ring (bicyclic) bond motifs is 1. The van der Waals surface area contributed by atoms with E-state index in [1.807, 2.05) is 37.4 Å². The molecule has 2 aromatic carbocycles. The monoisotopic (exact) mass is 354 g/mol. The Hall–Kier alpha value is -2.37. The summed E-state index contributed by atoms with van der Waals surface area (Å²) in [4.78, 5) is 2.28. The summed E-state index contributed by atoms with van der Waals surface area (Å²) in [5.41, 5.74) is 0. The highest BCUT2D eigenvalue weighted by molar-refractivity contribution is 6.30. The van der Waals surface area contributed by atoms with Crippen molar-refractivity contribution >= 4 is 28.2 Å². The molecule has 5 nitrogen and oxygen atoms in total. The van der Waals surface area contributed by atoms with Gasteiger partial charge >= 0.3 is 0 Å². The molecule has 2 heterocycles. The lowest BCUT2D eigenvalue weighted by atomic mass is 10.1. The third-order valence-electron chi connectivity index (χ3n) is 4.56. The molecule has 0 bridgehead atoms. The van der Waals surface area contributed by atoms with Gasteiger partial charge in [0.1, 0.15) is 5.75 Å². The molecule has 1 fully saturated rings. The minimum atomic E-state index is 0.491. The molecule has 1 saturated heterocycles. The Balaban J connectivity index is 1.70. The molecular weight excluding hydrogens is 336 g/mol. The van der Waals surface area contributed by atoms with Crippen LogP contribution in [0.25, 0.3) is 10.8 Å². The van der Waals surface area contributed by atoms with Crippen LogP contribution in [0.1, 0.15) is 6.42 Å². The molecule has 0 saturated carbocycles. The van der Waals surface area contributed by atoms with E-state index < -0.39 is 0 Å². The fourth-order valence-corrected chi connectivity index (χ4v) is 3.30. The van der Waals surface area contributed by atoms with Gasteiger partial charge in [-0.25, -0.2) is 0 Å². The Labute approximate surface area is 151 Å². The molecule has 0 radical (unpaired) electrons. The zero-order valence-electron chi connectivity index (χ0n) is 13.9. The summed E-state index contributed by atoms with van der Waals surface area (Å²) in [6.07, 6.45) is 1.11. The molecule has 1 atom stereocenters. The first-order valence-electron chi connectivity index (χ1n) is 8.35. The molecule has 128 valence electrons.